The van der Waals surface area contributed by atoms with E-state index in [-0.39, 0.29) is 17.5 Å². The Bertz CT molecular complexity index is 533. The van der Waals surface area contributed by atoms with E-state index in [4.69, 9.17) is 0 Å². The molecule has 1 amide bonds. The van der Waals surface area contributed by atoms with Crippen LogP contribution in [-0.4, -0.2) is 43.0 Å². The summed E-state index contributed by atoms with van der Waals surface area (Å²) in [5, 5.41) is 2.77. The van der Waals surface area contributed by atoms with Crippen LogP contribution in [0.4, 0.5) is 4.39 Å². The van der Waals surface area contributed by atoms with Gasteiger partial charge in [0.2, 0.25) is 5.91 Å². The molecular formula is C14H17FN2O3. The topological polar surface area (TPSA) is 58.6 Å². The number of amides is 1. The minimum absolute atomic E-state index is 0.0251. The van der Waals surface area contributed by atoms with Crippen molar-refractivity contribution in [1.82, 2.24) is 10.2 Å². The van der Waals surface area contributed by atoms with Crippen LogP contribution in [-0.2, 0) is 16.1 Å². The van der Waals surface area contributed by atoms with Crippen LogP contribution in [0.2, 0.25) is 0 Å². The fourth-order valence-corrected chi connectivity index (χ4v) is 2.21. The number of piperazine rings is 1. The first-order valence-electron chi connectivity index (χ1n) is 6.41. The maximum Gasteiger partial charge on any atom is 0.340 e. The summed E-state index contributed by atoms with van der Waals surface area (Å²) in [6.45, 7) is 3.58. The monoisotopic (exact) mass is 280 g/mol. The molecule has 1 atom stereocenters. The quantitative estimate of drug-likeness (QED) is 0.837. The maximum atomic E-state index is 13.8. The Morgan fingerprint density at radius 2 is 2.30 bits per heavy atom. The highest BCUT2D eigenvalue weighted by molar-refractivity contribution is 5.89. The third-order valence-corrected chi connectivity index (χ3v) is 3.45. The molecule has 1 aliphatic heterocycles. The number of ether oxygens (including phenoxy) is 1. The summed E-state index contributed by atoms with van der Waals surface area (Å²) in [6.07, 6.45) is 0. The third kappa shape index (κ3) is 2.96. The SMILES string of the molecule is COC(=O)c1ccc(CN2CCNC(=O)C2C)cc1F. The Kier molecular flexibility index (Phi) is 4.34. The van der Waals surface area contributed by atoms with Crippen molar-refractivity contribution in [3.63, 3.8) is 0 Å². The van der Waals surface area contributed by atoms with Gasteiger partial charge in [0.15, 0.2) is 0 Å². The largest absolute Gasteiger partial charge is 0.465 e. The summed E-state index contributed by atoms with van der Waals surface area (Å²) < 4.78 is 18.3. The fraction of sp³-hybridized carbons (Fsp3) is 0.429. The van der Waals surface area contributed by atoms with E-state index in [0.717, 1.165) is 5.56 Å². The molecule has 0 bridgehead atoms. The lowest BCUT2D eigenvalue weighted by Gasteiger charge is -2.32. The zero-order valence-electron chi connectivity index (χ0n) is 11.5. The summed E-state index contributed by atoms with van der Waals surface area (Å²) >= 11 is 0. The number of hydrogen-bond donors (Lipinski definition) is 1. The Morgan fingerprint density at radius 3 is 2.95 bits per heavy atom. The number of rotatable bonds is 3. The molecule has 6 heteroatoms. The third-order valence-electron chi connectivity index (χ3n) is 3.45. The van der Waals surface area contributed by atoms with Crippen LogP contribution in [0, 0.1) is 5.82 Å². The molecule has 0 aliphatic carbocycles. The van der Waals surface area contributed by atoms with E-state index >= 15 is 0 Å². The van der Waals surface area contributed by atoms with Crippen LogP contribution in [0.3, 0.4) is 0 Å². The normalized spacial score (nSPS) is 19.6. The Labute approximate surface area is 116 Å². The van der Waals surface area contributed by atoms with Crippen molar-refractivity contribution in [2.75, 3.05) is 20.2 Å². The van der Waals surface area contributed by atoms with Crippen molar-refractivity contribution in [2.24, 2.45) is 0 Å². The average Bonchev–Trinajstić information content (AvgIpc) is 2.43. The molecule has 1 aromatic rings. The lowest BCUT2D eigenvalue weighted by molar-refractivity contribution is -0.128. The zero-order valence-corrected chi connectivity index (χ0v) is 11.5. The van der Waals surface area contributed by atoms with Crippen molar-refractivity contribution in [3.8, 4) is 0 Å². The van der Waals surface area contributed by atoms with E-state index in [9.17, 15) is 14.0 Å². The van der Waals surface area contributed by atoms with Crippen LogP contribution in [0.1, 0.15) is 22.8 Å². The van der Waals surface area contributed by atoms with Gasteiger partial charge in [0.25, 0.3) is 0 Å². The van der Waals surface area contributed by atoms with Crippen LogP contribution in [0.5, 0.6) is 0 Å². The molecule has 20 heavy (non-hydrogen) atoms. The van der Waals surface area contributed by atoms with Gasteiger partial charge < -0.3 is 10.1 Å². The summed E-state index contributed by atoms with van der Waals surface area (Å²) in [6, 6.07) is 4.15. The van der Waals surface area contributed by atoms with Crippen LogP contribution < -0.4 is 5.32 Å². The number of halogens is 1. The van der Waals surface area contributed by atoms with Gasteiger partial charge in [-0.2, -0.15) is 0 Å². The van der Waals surface area contributed by atoms with Crippen LogP contribution in [0.15, 0.2) is 18.2 Å². The number of nitrogens with zero attached hydrogens (tertiary/aromatic N) is 1. The minimum Gasteiger partial charge on any atom is -0.465 e. The Balaban J connectivity index is 2.12. The van der Waals surface area contributed by atoms with E-state index in [0.29, 0.717) is 19.6 Å². The van der Waals surface area contributed by atoms with E-state index in [1.54, 1.807) is 6.07 Å². The average molecular weight is 280 g/mol. The first-order chi connectivity index (χ1) is 9.52. The molecule has 108 valence electrons. The fourth-order valence-electron chi connectivity index (χ4n) is 2.21. The zero-order chi connectivity index (χ0) is 14.7. The van der Waals surface area contributed by atoms with E-state index in [1.807, 2.05) is 11.8 Å². The first kappa shape index (κ1) is 14.5. The number of carbonyl (C=O) groups is 2. The molecule has 5 nitrogen and oxygen atoms in total. The molecule has 2 rings (SSSR count). The van der Waals surface area contributed by atoms with Crippen molar-refractivity contribution < 1.29 is 18.7 Å². The van der Waals surface area contributed by atoms with Gasteiger partial charge in [0.05, 0.1) is 18.7 Å². The molecule has 1 unspecified atom stereocenters. The lowest BCUT2D eigenvalue weighted by atomic mass is 10.1. The van der Waals surface area contributed by atoms with Crippen molar-refractivity contribution in [3.05, 3.63) is 35.1 Å². The first-order valence-corrected chi connectivity index (χ1v) is 6.41. The Hall–Kier alpha value is -1.95. The van der Waals surface area contributed by atoms with Crippen molar-refractivity contribution in [1.29, 1.82) is 0 Å². The van der Waals surface area contributed by atoms with Gasteiger partial charge in [-0.25, -0.2) is 9.18 Å². The van der Waals surface area contributed by atoms with Gasteiger partial charge >= 0.3 is 5.97 Å². The second-order valence-electron chi connectivity index (χ2n) is 4.74. The van der Waals surface area contributed by atoms with Gasteiger partial charge in [-0.15, -0.1) is 0 Å². The molecule has 1 saturated heterocycles. The highest BCUT2D eigenvalue weighted by Crippen LogP contribution is 2.15. The molecule has 1 aromatic carbocycles. The lowest BCUT2D eigenvalue weighted by Crippen LogP contribution is -2.53. The summed E-state index contributed by atoms with van der Waals surface area (Å²) in [7, 11) is 1.21. The van der Waals surface area contributed by atoms with Gasteiger partial charge in [0.1, 0.15) is 5.82 Å². The number of benzene rings is 1. The number of esters is 1. The molecule has 0 spiro atoms. The molecule has 1 fully saturated rings. The number of carbonyl (C=O) groups excluding carboxylic acids is 2. The minimum atomic E-state index is -0.695. The van der Waals surface area contributed by atoms with Crippen molar-refractivity contribution in [2.45, 2.75) is 19.5 Å². The standard InChI is InChI=1S/C14H17FN2O3/c1-9-13(18)16-5-6-17(9)8-10-3-4-11(12(15)7-10)14(19)20-2/h3-4,7,9H,5-6,8H2,1-2H3,(H,16,18). The van der Waals surface area contributed by atoms with Crippen molar-refractivity contribution >= 4 is 11.9 Å². The molecule has 0 aromatic heterocycles. The maximum absolute atomic E-state index is 13.8. The Morgan fingerprint density at radius 1 is 1.55 bits per heavy atom. The number of hydrogen-bond acceptors (Lipinski definition) is 4. The van der Waals surface area contributed by atoms with E-state index < -0.39 is 11.8 Å². The second kappa shape index (κ2) is 6.00. The summed E-state index contributed by atoms with van der Waals surface area (Å²) in [5.41, 5.74) is 0.636. The van der Waals surface area contributed by atoms with Crippen LogP contribution >= 0.6 is 0 Å². The predicted molar refractivity (Wildman–Crippen MR) is 70.6 cm³/mol. The molecule has 1 aliphatic rings. The smallest absolute Gasteiger partial charge is 0.340 e. The van der Waals surface area contributed by atoms with Crippen LogP contribution in [0.25, 0.3) is 0 Å². The van der Waals surface area contributed by atoms with E-state index in [1.165, 1.54) is 19.2 Å². The highest BCUT2D eigenvalue weighted by atomic mass is 19.1. The van der Waals surface area contributed by atoms with Gasteiger partial charge in [-0.1, -0.05) is 6.07 Å². The van der Waals surface area contributed by atoms with Gasteiger partial charge in [-0.05, 0) is 24.6 Å². The summed E-state index contributed by atoms with van der Waals surface area (Å²) in [4.78, 5) is 24.8. The van der Waals surface area contributed by atoms with Gasteiger partial charge in [-0.3, -0.25) is 9.69 Å². The van der Waals surface area contributed by atoms with E-state index in [2.05, 4.69) is 10.1 Å². The highest BCUT2D eigenvalue weighted by Gasteiger charge is 2.25. The molecule has 0 saturated carbocycles. The molecule has 1 heterocycles. The molecule has 0 radical (unpaired) electrons. The summed E-state index contributed by atoms with van der Waals surface area (Å²) in [5.74, 6) is -1.33. The molecule has 1 N–H and O–H groups in total. The number of methoxy groups -OCH3 is 1. The molecular weight excluding hydrogens is 263 g/mol. The second-order valence-corrected chi connectivity index (χ2v) is 4.74. The predicted octanol–water partition coefficient (Wildman–Crippen LogP) is 0.933. The number of nitrogens with one attached hydrogen (secondary N) is 1. The van der Waals surface area contributed by atoms with Gasteiger partial charge in [0, 0.05) is 19.6 Å².